The molecule has 190 valence electrons. The number of carboxylic acids is 1. The molecule has 2 aromatic carbocycles. The molecule has 1 heterocycles. The van der Waals surface area contributed by atoms with Crippen LogP contribution in [0.5, 0.6) is 5.75 Å². The van der Waals surface area contributed by atoms with Crippen molar-refractivity contribution in [1.29, 1.82) is 0 Å². The van der Waals surface area contributed by atoms with Crippen LogP contribution in [0.1, 0.15) is 62.1 Å². The van der Waals surface area contributed by atoms with E-state index in [4.69, 9.17) is 4.43 Å². The Balaban J connectivity index is 2.02. The molecule has 0 aliphatic carbocycles. The number of hydrogen-bond donors (Lipinski definition) is 1. The highest BCUT2D eigenvalue weighted by Crippen LogP contribution is 2.39. The van der Waals surface area contributed by atoms with E-state index in [-0.39, 0.29) is 11.1 Å². The summed E-state index contributed by atoms with van der Waals surface area (Å²) in [6.07, 6.45) is 1.97. The summed E-state index contributed by atoms with van der Waals surface area (Å²) in [6, 6.07) is 16.5. The fourth-order valence-corrected chi connectivity index (χ4v) is 5.61. The SMILES string of the molecule is C=CCN1CC(C)N(C(c2ccc(C(=O)O)cc2)c2cccc(O[Si](C)(C)C(C)(C)C)c2)CC1C. The molecule has 1 aliphatic heterocycles. The summed E-state index contributed by atoms with van der Waals surface area (Å²) in [5.41, 5.74) is 2.57. The summed E-state index contributed by atoms with van der Waals surface area (Å²) in [7, 11) is -1.98. The van der Waals surface area contributed by atoms with Crippen molar-refractivity contribution in [3.8, 4) is 5.75 Å². The fraction of sp³-hybridized carbons (Fsp3) is 0.483. The number of rotatable bonds is 8. The van der Waals surface area contributed by atoms with Crippen molar-refractivity contribution in [3.63, 3.8) is 0 Å². The van der Waals surface area contributed by atoms with Crippen LogP contribution in [0.15, 0.2) is 61.2 Å². The summed E-state index contributed by atoms with van der Waals surface area (Å²) >= 11 is 0. The molecule has 1 fully saturated rings. The quantitative estimate of drug-likeness (QED) is 0.338. The zero-order valence-corrected chi connectivity index (χ0v) is 23.4. The summed E-state index contributed by atoms with van der Waals surface area (Å²) in [5.74, 6) is 0.00476. The van der Waals surface area contributed by atoms with Crippen LogP contribution < -0.4 is 4.43 Å². The molecular formula is C29H42N2O3Si. The van der Waals surface area contributed by atoms with Gasteiger partial charge in [0, 0.05) is 31.7 Å². The lowest BCUT2D eigenvalue weighted by Crippen LogP contribution is -2.57. The van der Waals surface area contributed by atoms with Gasteiger partial charge in [0.05, 0.1) is 11.6 Å². The van der Waals surface area contributed by atoms with Gasteiger partial charge in [0.2, 0.25) is 8.32 Å². The predicted molar refractivity (Wildman–Crippen MR) is 147 cm³/mol. The smallest absolute Gasteiger partial charge is 0.335 e. The molecule has 5 nitrogen and oxygen atoms in total. The largest absolute Gasteiger partial charge is 0.543 e. The predicted octanol–water partition coefficient (Wildman–Crippen LogP) is 6.44. The van der Waals surface area contributed by atoms with Crippen molar-refractivity contribution in [2.24, 2.45) is 0 Å². The highest BCUT2D eigenvalue weighted by molar-refractivity contribution is 6.74. The first-order valence-electron chi connectivity index (χ1n) is 12.6. The van der Waals surface area contributed by atoms with E-state index in [1.807, 2.05) is 18.2 Å². The summed E-state index contributed by atoms with van der Waals surface area (Å²) in [4.78, 5) is 16.5. The van der Waals surface area contributed by atoms with Crippen molar-refractivity contribution < 1.29 is 14.3 Å². The van der Waals surface area contributed by atoms with Crippen LogP contribution in [0.2, 0.25) is 18.1 Å². The molecule has 0 aromatic heterocycles. The second-order valence-corrected chi connectivity index (χ2v) is 16.1. The minimum absolute atomic E-state index is 0.00383. The Morgan fingerprint density at radius 2 is 1.77 bits per heavy atom. The number of carbonyl (C=O) groups is 1. The third kappa shape index (κ3) is 6.24. The molecule has 0 radical (unpaired) electrons. The molecule has 35 heavy (non-hydrogen) atoms. The van der Waals surface area contributed by atoms with Crippen LogP contribution in [0.3, 0.4) is 0 Å². The van der Waals surface area contributed by atoms with E-state index in [2.05, 4.69) is 88.4 Å². The van der Waals surface area contributed by atoms with Gasteiger partial charge < -0.3 is 9.53 Å². The lowest BCUT2D eigenvalue weighted by molar-refractivity contribution is 0.0306. The molecule has 3 rings (SSSR count). The van der Waals surface area contributed by atoms with Crippen molar-refractivity contribution in [2.75, 3.05) is 19.6 Å². The molecule has 2 aromatic rings. The second-order valence-electron chi connectivity index (χ2n) is 11.4. The lowest BCUT2D eigenvalue weighted by Gasteiger charge is -2.47. The van der Waals surface area contributed by atoms with Crippen LogP contribution in [0.25, 0.3) is 0 Å². The van der Waals surface area contributed by atoms with Gasteiger partial charge in [0.15, 0.2) is 0 Å². The zero-order valence-electron chi connectivity index (χ0n) is 22.4. The molecule has 6 heteroatoms. The van der Waals surface area contributed by atoms with Crippen molar-refractivity contribution in [2.45, 2.75) is 70.9 Å². The van der Waals surface area contributed by atoms with E-state index < -0.39 is 14.3 Å². The molecule has 1 saturated heterocycles. The minimum Gasteiger partial charge on any atom is -0.543 e. The van der Waals surface area contributed by atoms with E-state index in [1.54, 1.807) is 12.1 Å². The highest BCUT2D eigenvalue weighted by Gasteiger charge is 2.39. The van der Waals surface area contributed by atoms with E-state index >= 15 is 0 Å². The molecule has 0 saturated carbocycles. The van der Waals surface area contributed by atoms with Gasteiger partial charge in [-0.25, -0.2) is 4.79 Å². The van der Waals surface area contributed by atoms with Gasteiger partial charge in [0.1, 0.15) is 5.75 Å². The first kappa shape index (κ1) is 27.2. The van der Waals surface area contributed by atoms with E-state index in [1.165, 1.54) is 5.56 Å². The van der Waals surface area contributed by atoms with Crippen LogP contribution in [-0.2, 0) is 0 Å². The van der Waals surface area contributed by atoms with Crippen LogP contribution >= 0.6 is 0 Å². The Morgan fingerprint density at radius 1 is 1.11 bits per heavy atom. The number of hydrogen-bond acceptors (Lipinski definition) is 4. The van der Waals surface area contributed by atoms with Gasteiger partial charge in [-0.05, 0) is 67.4 Å². The summed E-state index contributed by atoms with van der Waals surface area (Å²) < 4.78 is 6.65. The second kappa shape index (κ2) is 10.7. The Morgan fingerprint density at radius 3 is 2.34 bits per heavy atom. The Kier molecular flexibility index (Phi) is 8.30. The first-order chi connectivity index (χ1) is 16.3. The normalized spacial score (nSPS) is 20.9. The standard InChI is InChI=1S/C29H42N2O3Si/c1-9-17-30-19-22(3)31(20-21(30)2)27(23-13-15-24(16-14-23)28(32)33)25-11-10-12-26(18-25)34-35(7,8)29(4,5)6/h9-16,18,21-22,27H,1,17,19-20H2,2-8H3,(H,32,33). The van der Waals surface area contributed by atoms with Gasteiger partial charge >= 0.3 is 5.97 Å². The monoisotopic (exact) mass is 494 g/mol. The van der Waals surface area contributed by atoms with Gasteiger partial charge in [-0.15, -0.1) is 6.58 Å². The average Bonchev–Trinajstić information content (AvgIpc) is 2.77. The van der Waals surface area contributed by atoms with Crippen LogP contribution in [0, 0.1) is 0 Å². The van der Waals surface area contributed by atoms with Gasteiger partial charge in [-0.2, -0.15) is 0 Å². The maximum Gasteiger partial charge on any atom is 0.335 e. The van der Waals surface area contributed by atoms with Crippen molar-refractivity contribution >= 4 is 14.3 Å². The topological polar surface area (TPSA) is 53.0 Å². The van der Waals surface area contributed by atoms with Gasteiger partial charge in [-0.1, -0.05) is 51.1 Å². The Hall–Kier alpha value is -2.41. The van der Waals surface area contributed by atoms with Crippen molar-refractivity contribution in [1.82, 2.24) is 9.80 Å². The number of benzene rings is 2. The highest BCUT2D eigenvalue weighted by atomic mass is 28.4. The molecule has 0 bridgehead atoms. The van der Waals surface area contributed by atoms with Gasteiger partial charge in [0.25, 0.3) is 0 Å². The molecule has 0 amide bonds. The minimum atomic E-state index is -1.98. The molecule has 3 unspecified atom stereocenters. The molecular weight excluding hydrogens is 452 g/mol. The van der Waals surface area contributed by atoms with Crippen LogP contribution in [0.4, 0.5) is 0 Å². The van der Waals surface area contributed by atoms with Crippen molar-refractivity contribution in [3.05, 3.63) is 77.9 Å². The fourth-order valence-electron chi connectivity index (χ4n) is 4.58. The Bertz CT molecular complexity index is 1030. The third-order valence-electron chi connectivity index (χ3n) is 7.68. The summed E-state index contributed by atoms with van der Waals surface area (Å²) in [6.45, 7) is 22.5. The van der Waals surface area contributed by atoms with Gasteiger partial charge in [-0.3, -0.25) is 9.80 Å². The molecule has 0 spiro atoms. The third-order valence-corrected chi connectivity index (χ3v) is 12.0. The van der Waals surface area contributed by atoms with Crippen LogP contribution in [-0.4, -0.2) is 60.9 Å². The molecule has 1 aliphatic rings. The maximum absolute atomic E-state index is 11.5. The number of nitrogens with zero attached hydrogens (tertiary/aromatic N) is 2. The summed E-state index contributed by atoms with van der Waals surface area (Å²) in [5, 5.41) is 9.52. The maximum atomic E-state index is 11.5. The van der Waals surface area contributed by atoms with E-state index in [9.17, 15) is 9.90 Å². The van der Waals surface area contributed by atoms with E-state index in [0.717, 1.165) is 30.9 Å². The number of aromatic carboxylic acids is 1. The number of carboxylic acid groups (broad SMARTS) is 1. The lowest BCUT2D eigenvalue weighted by atomic mass is 9.93. The van der Waals surface area contributed by atoms with E-state index in [0.29, 0.717) is 17.6 Å². The number of piperazine rings is 1. The Labute approximate surface area is 212 Å². The molecule has 1 N–H and O–H groups in total. The first-order valence-corrected chi connectivity index (χ1v) is 15.5. The zero-order chi connectivity index (χ0) is 26.0. The molecule has 3 atom stereocenters. The average molecular weight is 495 g/mol.